The van der Waals surface area contributed by atoms with E-state index in [1.165, 1.54) is 16.3 Å². The molecule has 0 amide bonds. The summed E-state index contributed by atoms with van der Waals surface area (Å²) < 4.78 is 5.88. The topological polar surface area (TPSA) is 13.1 Å². The number of hydrogen-bond donors (Lipinski definition) is 0. The van der Waals surface area contributed by atoms with E-state index in [2.05, 4.69) is 67.0 Å². The Hall–Kier alpha value is -1.28. The number of benzene rings is 2. The van der Waals surface area contributed by atoms with E-state index in [0.29, 0.717) is 4.83 Å². The van der Waals surface area contributed by atoms with Crippen LogP contribution in [-0.2, 0) is 0 Å². The molecular weight excluding hydrogens is 312 g/mol. The van der Waals surface area contributed by atoms with Gasteiger partial charge in [-0.25, -0.2) is 0 Å². The second-order valence-corrected chi connectivity index (χ2v) is 6.97. The molecule has 1 nitrogen and oxygen atoms in total. The largest absolute Gasteiger partial charge is 0.456 e. The summed E-state index contributed by atoms with van der Waals surface area (Å²) in [4.78, 5) is 0.345. The average Bonchev–Trinajstić information content (AvgIpc) is 2.84. The van der Waals surface area contributed by atoms with Crippen molar-refractivity contribution in [2.45, 2.75) is 32.0 Å². The number of hydrogen-bond acceptors (Lipinski definition) is 1. The summed E-state index contributed by atoms with van der Waals surface area (Å²) in [6.07, 6.45) is 1.13. The van der Waals surface area contributed by atoms with E-state index in [4.69, 9.17) is 4.42 Å². The zero-order chi connectivity index (χ0) is 14.3. The van der Waals surface area contributed by atoms with Crippen LogP contribution in [-0.4, -0.2) is 0 Å². The van der Waals surface area contributed by atoms with Gasteiger partial charge >= 0.3 is 0 Å². The predicted octanol–water partition coefficient (Wildman–Crippen LogP) is 6.46. The van der Waals surface area contributed by atoms with Crippen LogP contribution >= 0.6 is 15.9 Å². The van der Waals surface area contributed by atoms with E-state index in [0.717, 1.165) is 17.6 Å². The van der Waals surface area contributed by atoms with Gasteiger partial charge in [0.2, 0.25) is 0 Å². The minimum Gasteiger partial charge on any atom is -0.456 e. The van der Waals surface area contributed by atoms with Gasteiger partial charge in [-0.3, -0.25) is 0 Å². The molecule has 0 aliphatic heterocycles. The first-order valence-electron chi connectivity index (χ1n) is 7.08. The Kier molecular flexibility index (Phi) is 3.37. The van der Waals surface area contributed by atoms with E-state index in [1.54, 1.807) is 0 Å². The monoisotopic (exact) mass is 330 g/mol. The summed E-state index contributed by atoms with van der Waals surface area (Å²) in [5.74, 6) is 0. The van der Waals surface area contributed by atoms with Crippen LogP contribution in [0.3, 0.4) is 0 Å². The van der Waals surface area contributed by atoms with Crippen molar-refractivity contribution in [1.82, 2.24) is 0 Å². The van der Waals surface area contributed by atoms with Gasteiger partial charge < -0.3 is 4.42 Å². The van der Waals surface area contributed by atoms with E-state index in [-0.39, 0.29) is 5.41 Å². The van der Waals surface area contributed by atoms with Crippen LogP contribution in [0.2, 0.25) is 0 Å². The van der Waals surface area contributed by atoms with Crippen LogP contribution in [0, 0.1) is 5.41 Å². The highest BCUT2D eigenvalue weighted by molar-refractivity contribution is 9.09. The summed E-state index contributed by atoms with van der Waals surface area (Å²) in [6, 6.07) is 14.7. The van der Waals surface area contributed by atoms with Gasteiger partial charge in [-0.05, 0) is 35.6 Å². The second kappa shape index (κ2) is 4.92. The van der Waals surface area contributed by atoms with E-state index >= 15 is 0 Å². The molecule has 2 aromatic carbocycles. The molecule has 1 atom stereocenters. The van der Waals surface area contributed by atoms with Crippen LogP contribution in [0.4, 0.5) is 0 Å². The zero-order valence-corrected chi connectivity index (χ0v) is 13.7. The lowest BCUT2D eigenvalue weighted by molar-refractivity contribution is 0.346. The van der Waals surface area contributed by atoms with Gasteiger partial charge in [0.25, 0.3) is 0 Å². The van der Waals surface area contributed by atoms with Crippen molar-refractivity contribution in [3.05, 3.63) is 48.0 Å². The molecule has 20 heavy (non-hydrogen) atoms. The molecule has 1 aromatic heterocycles. The van der Waals surface area contributed by atoms with Crippen LogP contribution in [0.5, 0.6) is 0 Å². The molecule has 3 rings (SSSR count). The van der Waals surface area contributed by atoms with Crippen molar-refractivity contribution in [3.8, 4) is 0 Å². The molecule has 0 N–H and O–H groups in total. The third-order valence-corrected chi connectivity index (χ3v) is 6.06. The summed E-state index contributed by atoms with van der Waals surface area (Å²) in [5, 5.41) is 2.40. The molecule has 0 radical (unpaired) electrons. The molecule has 0 aliphatic rings. The lowest BCUT2D eigenvalue weighted by Gasteiger charge is -2.29. The maximum atomic E-state index is 5.88. The highest BCUT2D eigenvalue weighted by atomic mass is 79.9. The van der Waals surface area contributed by atoms with E-state index in [1.807, 2.05) is 12.1 Å². The lowest BCUT2D eigenvalue weighted by atomic mass is 9.83. The summed E-state index contributed by atoms with van der Waals surface area (Å²) in [5.41, 5.74) is 3.47. The highest BCUT2D eigenvalue weighted by Crippen LogP contribution is 2.44. The Morgan fingerprint density at radius 3 is 2.50 bits per heavy atom. The molecule has 0 aliphatic carbocycles. The van der Waals surface area contributed by atoms with Gasteiger partial charge in [-0.1, -0.05) is 61.0 Å². The molecule has 0 bridgehead atoms. The van der Waals surface area contributed by atoms with Crippen molar-refractivity contribution in [1.29, 1.82) is 0 Å². The molecule has 0 saturated heterocycles. The van der Waals surface area contributed by atoms with Crippen LogP contribution in [0.1, 0.15) is 37.6 Å². The lowest BCUT2D eigenvalue weighted by Crippen LogP contribution is -2.16. The first-order valence-corrected chi connectivity index (χ1v) is 8.00. The number of halogens is 1. The van der Waals surface area contributed by atoms with Crippen molar-refractivity contribution in [3.63, 3.8) is 0 Å². The maximum absolute atomic E-state index is 5.88. The fourth-order valence-corrected chi connectivity index (χ4v) is 3.14. The number of fused-ring (bicyclic) bond motifs is 3. The maximum Gasteiger partial charge on any atom is 0.135 e. The fourth-order valence-electron chi connectivity index (χ4n) is 2.53. The van der Waals surface area contributed by atoms with Crippen molar-refractivity contribution >= 4 is 37.9 Å². The number of rotatable bonds is 3. The SMILES string of the molecule is CCC(C)(C)C(Br)c1ccc2oc3ccccc3c2c1. The molecule has 1 heterocycles. The Bertz CT molecular complexity index is 754. The molecule has 0 fully saturated rings. The molecule has 1 unspecified atom stereocenters. The molecule has 104 valence electrons. The van der Waals surface area contributed by atoms with E-state index < -0.39 is 0 Å². The Morgan fingerprint density at radius 1 is 1.05 bits per heavy atom. The highest BCUT2D eigenvalue weighted by Gasteiger charge is 2.27. The smallest absolute Gasteiger partial charge is 0.135 e. The van der Waals surface area contributed by atoms with Crippen LogP contribution in [0.15, 0.2) is 46.9 Å². The Labute approximate surface area is 128 Å². The first kappa shape index (κ1) is 13.7. The minimum absolute atomic E-state index is 0.229. The third-order valence-electron chi connectivity index (χ3n) is 4.29. The predicted molar refractivity (Wildman–Crippen MR) is 89.5 cm³/mol. The number of para-hydroxylation sites is 1. The van der Waals surface area contributed by atoms with Gasteiger partial charge in [0.05, 0.1) is 0 Å². The van der Waals surface area contributed by atoms with Gasteiger partial charge in [-0.2, -0.15) is 0 Å². The Balaban J connectivity index is 2.17. The van der Waals surface area contributed by atoms with Crippen molar-refractivity contribution in [2.75, 3.05) is 0 Å². The fraction of sp³-hybridized carbons (Fsp3) is 0.333. The number of alkyl halides is 1. The minimum atomic E-state index is 0.229. The Morgan fingerprint density at radius 2 is 1.75 bits per heavy atom. The van der Waals surface area contributed by atoms with Gasteiger partial charge in [0.1, 0.15) is 11.2 Å². The molecule has 0 saturated carbocycles. The average molecular weight is 331 g/mol. The first-order chi connectivity index (χ1) is 9.53. The second-order valence-electron chi connectivity index (χ2n) is 6.06. The normalized spacial score (nSPS) is 14.0. The van der Waals surface area contributed by atoms with Crippen LogP contribution in [0.25, 0.3) is 21.9 Å². The van der Waals surface area contributed by atoms with Crippen molar-refractivity contribution < 1.29 is 4.42 Å². The van der Waals surface area contributed by atoms with Gasteiger partial charge in [0, 0.05) is 15.6 Å². The molecular formula is C18H19BrO. The van der Waals surface area contributed by atoms with Gasteiger partial charge in [-0.15, -0.1) is 0 Å². The third kappa shape index (κ3) is 2.16. The quantitative estimate of drug-likeness (QED) is 0.502. The zero-order valence-electron chi connectivity index (χ0n) is 12.1. The van der Waals surface area contributed by atoms with Crippen molar-refractivity contribution in [2.24, 2.45) is 5.41 Å². The summed E-state index contributed by atoms with van der Waals surface area (Å²) >= 11 is 3.88. The summed E-state index contributed by atoms with van der Waals surface area (Å²) in [7, 11) is 0. The summed E-state index contributed by atoms with van der Waals surface area (Å²) in [6.45, 7) is 6.83. The van der Waals surface area contributed by atoms with Gasteiger partial charge in [0.15, 0.2) is 0 Å². The standard InChI is InChI=1S/C18H19BrO/c1-4-18(2,3)17(19)12-9-10-16-14(11-12)13-7-5-6-8-15(13)20-16/h5-11,17H,4H2,1-3H3. The molecule has 0 spiro atoms. The van der Waals surface area contributed by atoms with Crippen LogP contribution < -0.4 is 0 Å². The number of furan rings is 1. The van der Waals surface area contributed by atoms with E-state index in [9.17, 15) is 0 Å². The molecule has 3 aromatic rings. The molecule has 2 heteroatoms.